The van der Waals surface area contributed by atoms with E-state index in [0.717, 1.165) is 11.3 Å². The van der Waals surface area contributed by atoms with Crippen molar-refractivity contribution in [3.8, 4) is 11.4 Å². The van der Waals surface area contributed by atoms with Crippen LogP contribution in [-0.4, -0.2) is 61.8 Å². The molecule has 1 aromatic heterocycles. The van der Waals surface area contributed by atoms with Gasteiger partial charge in [0.1, 0.15) is 5.75 Å². The zero-order valence-electron chi connectivity index (χ0n) is 17.6. The Hall–Kier alpha value is -3.21. The lowest BCUT2D eigenvalue weighted by molar-refractivity contribution is -0.115. The molecule has 10 heteroatoms. The van der Waals surface area contributed by atoms with Crippen LogP contribution in [0.4, 0.5) is 5.69 Å². The topological polar surface area (TPSA) is 103 Å². The van der Waals surface area contributed by atoms with Crippen molar-refractivity contribution in [3.05, 3.63) is 66.5 Å². The van der Waals surface area contributed by atoms with Crippen LogP contribution in [0.3, 0.4) is 0 Å². The molecular weight excluding hydrogens is 432 g/mol. The van der Waals surface area contributed by atoms with Crippen molar-refractivity contribution in [1.29, 1.82) is 0 Å². The number of methoxy groups -OCH3 is 1. The molecule has 168 valence electrons. The van der Waals surface area contributed by atoms with Crippen LogP contribution < -0.4 is 10.1 Å². The number of anilines is 1. The van der Waals surface area contributed by atoms with Gasteiger partial charge >= 0.3 is 0 Å². The average Bonchev–Trinajstić information content (AvgIpc) is 3.28. The highest BCUT2D eigenvalue weighted by Crippen LogP contribution is 2.29. The molecule has 0 atom stereocenters. The molecule has 1 N–H and O–H groups in total. The molecule has 0 spiro atoms. The Bertz CT molecular complexity index is 1190. The molecule has 0 bridgehead atoms. The van der Waals surface area contributed by atoms with Gasteiger partial charge in [-0.3, -0.25) is 4.79 Å². The molecule has 32 heavy (non-hydrogen) atoms. The summed E-state index contributed by atoms with van der Waals surface area (Å²) in [5.74, 6) is 0.0658. The number of ether oxygens (including phenoxy) is 2. The third kappa shape index (κ3) is 4.82. The minimum atomic E-state index is -3.70. The predicted octanol–water partition coefficient (Wildman–Crippen LogP) is 2.08. The second-order valence-corrected chi connectivity index (χ2v) is 9.17. The molecule has 1 fully saturated rings. The van der Waals surface area contributed by atoms with Crippen LogP contribution in [-0.2, 0) is 26.0 Å². The quantitative estimate of drug-likeness (QED) is 0.584. The first-order chi connectivity index (χ1) is 15.5. The zero-order valence-corrected chi connectivity index (χ0v) is 18.4. The maximum Gasteiger partial charge on any atom is 0.243 e. The van der Waals surface area contributed by atoms with E-state index >= 15 is 0 Å². The van der Waals surface area contributed by atoms with Crippen LogP contribution in [0.2, 0.25) is 0 Å². The number of morpholine rings is 1. The molecule has 2 heterocycles. The van der Waals surface area contributed by atoms with E-state index in [-0.39, 0.29) is 17.2 Å². The van der Waals surface area contributed by atoms with E-state index in [2.05, 4.69) is 10.4 Å². The zero-order chi connectivity index (χ0) is 22.6. The number of nitrogens with one attached hydrogen (secondary N) is 1. The summed E-state index contributed by atoms with van der Waals surface area (Å²) in [6, 6.07) is 14.0. The van der Waals surface area contributed by atoms with Crippen molar-refractivity contribution in [2.24, 2.45) is 0 Å². The summed E-state index contributed by atoms with van der Waals surface area (Å²) in [5.41, 5.74) is 1.91. The molecule has 1 aliphatic heterocycles. The molecule has 4 rings (SSSR count). The third-order valence-corrected chi connectivity index (χ3v) is 6.97. The lowest BCUT2D eigenvalue weighted by Gasteiger charge is -2.26. The van der Waals surface area contributed by atoms with E-state index in [1.807, 2.05) is 30.3 Å². The second kappa shape index (κ2) is 9.51. The fourth-order valence-corrected chi connectivity index (χ4v) is 4.87. The Morgan fingerprint density at radius 1 is 1.16 bits per heavy atom. The maximum atomic E-state index is 13.0. The minimum absolute atomic E-state index is 0.0798. The number of para-hydroxylation sites is 1. The summed E-state index contributed by atoms with van der Waals surface area (Å²) in [5, 5.41) is 7.06. The Labute approximate surface area is 186 Å². The van der Waals surface area contributed by atoms with Gasteiger partial charge in [-0.25, -0.2) is 13.1 Å². The largest absolute Gasteiger partial charge is 0.495 e. The third-order valence-electron chi connectivity index (χ3n) is 5.07. The second-order valence-electron chi connectivity index (χ2n) is 7.23. The molecule has 1 aliphatic rings. The maximum absolute atomic E-state index is 13.0. The number of rotatable bonds is 7. The van der Waals surface area contributed by atoms with Crippen molar-refractivity contribution < 1.29 is 22.7 Å². The fraction of sp³-hybridized carbons (Fsp3) is 0.273. The Balaban J connectivity index is 1.50. The molecule has 1 amide bonds. The van der Waals surface area contributed by atoms with E-state index in [1.165, 1.54) is 29.6 Å². The Morgan fingerprint density at radius 2 is 1.91 bits per heavy atom. The summed E-state index contributed by atoms with van der Waals surface area (Å²) >= 11 is 0. The summed E-state index contributed by atoms with van der Waals surface area (Å²) in [6.07, 6.45) is 3.49. The van der Waals surface area contributed by atoms with Gasteiger partial charge in [-0.1, -0.05) is 18.2 Å². The van der Waals surface area contributed by atoms with Crippen molar-refractivity contribution in [2.45, 2.75) is 11.3 Å². The molecular formula is C22H24N4O5S. The van der Waals surface area contributed by atoms with Gasteiger partial charge in [0.05, 0.1) is 49.2 Å². The smallest absolute Gasteiger partial charge is 0.243 e. The molecule has 0 saturated carbocycles. The lowest BCUT2D eigenvalue weighted by atomic mass is 10.2. The number of amides is 1. The highest BCUT2D eigenvalue weighted by Gasteiger charge is 2.27. The molecule has 3 aromatic rings. The van der Waals surface area contributed by atoms with Crippen molar-refractivity contribution in [1.82, 2.24) is 14.1 Å². The van der Waals surface area contributed by atoms with E-state index in [1.54, 1.807) is 17.1 Å². The van der Waals surface area contributed by atoms with Gasteiger partial charge in [-0.05, 0) is 35.9 Å². The number of hydrogen-bond donors (Lipinski definition) is 1. The summed E-state index contributed by atoms with van der Waals surface area (Å²) < 4.78 is 39.5. The van der Waals surface area contributed by atoms with Crippen molar-refractivity contribution in [2.75, 3.05) is 38.7 Å². The number of sulfonamides is 1. The van der Waals surface area contributed by atoms with Crippen molar-refractivity contribution in [3.63, 3.8) is 0 Å². The molecule has 0 radical (unpaired) electrons. The van der Waals surface area contributed by atoms with Crippen LogP contribution in [0.25, 0.3) is 5.69 Å². The summed E-state index contributed by atoms with van der Waals surface area (Å²) in [4.78, 5) is 12.8. The summed E-state index contributed by atoms with van der Waals surface area (Å²) in [6.45, 7) is 1.30. The number of nitrogens with zero attached hydrogens (tertiary/aromatic N) is 3. The fourth-order valence-electron chi connectivity index (χ4n) is 3.43. The van der Waals surface area contributed by atoms with Gasteiger partial charge < -0.3 is 14.8 Å². The molecule has 1 saturated heterocycles. The van der Waals surface area contributed by atoms with Crippen LogP contribution in [0, 0.1) is 0 Å². The predicted molar refractivity (Wildman–Crippen MR) is 118 cm³/mol. The van der Waals surface area contributed by atoms with Gasteiger partial charge in [-0.15, -0.1) is 0 Å². The van der Waals surface area contributed by atoms with Gasteiger partial charge in [0.15, 0.2) is 0 Å². The van der Waals surface area contributed by atoms with E-state index in [9.17, 15) is 13.2 Å². The average molecular weight is 457 g/mol. The normalized spacial score (nSPS) is 14.8. The monoisotopic (exact) mass is 456 g/mol. The lowest BCUT2D eigenvalue weighted by Crippen LogP contribution is -2.40. The van der Waals surface area contributed by atoms with Crippen LogP contribution in [0.5, 0.6) is 5.75 Å². The Morgan fingerprint density at radius 3 is 2.62 bits per heavy atom. The highest BCUT2D eigenvalue weighted by atomic mass is 32.2. The minimum Gasteiger partial charge on any atom is -0.495 e. The molecule has 0 unspecified atom stereocenters. The number of aromatic nitrogens is 2. The summed E-state index contributed by atoms with van der Waals surface area (Å²) in [7, 11) is -2.24. The molecule has 0 aliphatic carbocycles. The van der Waals surface area contributed by atoms with Gasteiger partial charge in [-0.2, -0.15) is 9.40 Å². The molecule has 9 nitrogen and oxygen atoms in total. The van der Waals surface area contributed by atoms with Gasteiger partial charge in [0.25, 0.3) is 0 Å². The first-order valence-corrected chi connectivity index (χ1v) is 11.6. The first kappa shape index (κ1) is 22.0. The van der Waals surface area contributed by atoms with E-state index < -0.39 is 10.0 Å². The number of hydrogen-bond acceptors (Lipinski definition) is 6. The van der Waals surface area contributed by atoms with E-state index in [4.69, 9.17) is 9.47 Å². The standard InChI is InChI=1S/C22H24N4O5S/c1-30-21-8-7-19(32(28,29)25-9-11-31-12-10-25)14-20(21)24-22(27)13-17-15-23-26(16-17)18-5-3-2-4-6-18/h2-8,14-16H,9-13H2,1H3,(H,24,27). The van der Waals surface area contributed by atoms with E-state index in [0.29, 0.717) is 37.7 Å². The number of benzene rings is 2. The van der Waals surface area contributed by atoms with Crippen LogP contribution in [0.1, 0.15) is 5.56 Å². The van der Waals surface area contributed by atoms with Gasteiger partial charge in [0, 0.05) is 19.3 Å². The highest BCUT2D eigenvalue weighted by molar-refractivity contribution is 7.89. The van der Waals surface area contributed by atoms with Crippen molar-refractivity contribution >= 4 is 21.6 Å². The molecule has 2 aromatic carbocycles. The SMILES string of the molecule is COc1ccc(S(=O)(=O)N2CCOCC2)cc1NC(=O)Cc1cnn(-c2ccccc2)c1. The van der Waals surface area contributed by atoms with Crippen LogP contribution >= 0.6 is 0 Å². The number of carbonyl (C=O) groups excluding carboxylic acids is 1. The number of carbonyl (C=O) groups is 1. The van der Waals surface area contributed by atoms with Gasteiger partial charge in [0.2, 0.25) is 15.9 Å². The Kier molecular flexibility index (Phi) is 6.54. The first-order valence-electron chi connectivity index (χ1n) is 10.1. The van der Waals surface area contributed by atoms with Crippen LogP contribution in [0.15, 0.2) is 65.8 Å².